The summed E-state index contributed by atoms with van der Waals surface area (Å²) in [5.74, 6) is 0.897. The Morgan fingerprint density at radius 2 is 2.32 bits per heavy atom. The van der Waals surface area contributed by atoms with Crippen molar-refractivity contribution in [1.29, 1.82) is 0 Å². The van der Waals surface area contributed by atoms with Crippen LogP contribution in [0.3, 0.4) is 0 Å². The normalized spacial score (nSPS) is 41.8. The van der Waals surface area contributed by atoms with Gasteiger partial charge >= 0.3 is 0 Å². The van der Waals surface area contributed by atoms with Crippen molar-refractivity contribution in [1.82, 2.24) is 10.6 Å². The van der Waals surface area contributed by atoms with Gasteiger partial charge in [-0.25, -0.2) is 0 Å². The molecule has 4 atom stereocenters. The molecule has 0 aromatic carbocycles. The fourth-order valence-electron chi connectivity index (χ4n) is 3.31. The third-order valence-corrected chi connectivity index (χ3v) is 4.63. The molecule has 3 fully saturated rings. The van der Waals surface area contributed by atoms with E-state index in [2.05, 4.69) is 22.5 Å². The minimum absolute atomic E-state index is 0.239. The van der Waals surface area contributed by atoms with Gasteiger partial charge in [0.25, 0.3) is 0 Å². The molecule has 0 amide bonds. The Hall–Kier alpha value is -0.810. The molecule has 3 heterocycles. The van der Waals surface area contributed by atoms with Crippen LogP contribution in [0.5, 0.6) is 0 Å². The lowest BCUT2D eigenvalue weighted by molar-refractivity contribution is 0.0992. The first-order valence-electron chi connectivity index (χ1n) is 7.39. The minimum atomic E-state index is 0.239. The number of ether oxygens (including phenoxy) is 2. The van der Waals surface area contributed by atoms with Crippen molar-refractivity contribution in [2.24, 2.45) is 10.4 Å². The molecule has 2 bridgehead atoms. The highest BCUT2D eigenvalue weighted by atomic mass is 16.5. The van der Waals surface area contributed by atoms with E-state index in [1.54, 1.807) is 0 Å². The summed E-state index contributed by atoms with van der Waals surface area (Å²) in [7, 11) is 1.83. The van der Waals surface area contributed by atoms with E-state index in [4.69, 9.17) is 9.47 Å². The smallest absolute Gasteiger partial charge is 0.191 e. The highest BCUT2D eigenvalue weighted by Gasteiger charge is 2.41. The maximum Gasteiger partial charge on any atom is 0.191 e. The van der Waals surface area contributed by atoms with Gasteiger partial charge in [-0.2, -0.15) is 0 Å². The van der Waals surface area contributed by atoms with E-state index in [0.29, 0.717) is 18.2 Å². The standard InChI is InChI=1S/C14H25N3O2/c1-14(5-6-18-9-14)8-16-13(15-2)17-11-7-10-3-4-12(11)19-10/h10-12H,3-9H2,1-2H3,(H2,15,16,17). The van der Waals surface area contributed by atoms with Crippen molar-refractivity contribution in [3.63, 3.8) is 0 Å². The van der Waals surface area contributed by atoms with E-state index in [9.17, 15) is 0 Å². The van der Waals surface area contributed by atoms with Gasteiger partial charge in [0, 0.05) is 25.6 Å². The Bertz CT molecular complexity index is 353. The molecule has 0 aromatic rings. The van der Waals surface area contributed by atoms with Gasteiger partial charge < -0.3 is 20.1 Å². The highest BCUT2D eigenvalue weighted by molar-refractivity contribution is 5.80. The summed E-state index contributed by atoms with van der Waals surface area (Å²) in [6.07, 6.45) is 5.50. The van der Waals surface area contributed by atoms with Crippen molar-refractivity contribution >= 4 is 5.96 Å². The summed E-state index contributed by atoms with van der Waals surface area (Å²) in [4.78, 5) is 4.33. The molecule has 3 aliphatic heterocycles. The first-order valence-corrected chi connectivity index (χ1v) is 7.39. The average Bonchev–Trinajstić information content (AvgIpc) is 3.11. The second kappa shape index (κ2) is 5.29. The van der Waals surface area contributed by atoms with E-state index < -0.39 is 0 Å². The molecule has 2 N–H and O–H groups in total. The van der Waals surface area contributed by atoms with Crippen molar-refractivity contribution in [2.45, 2.75) is 50.9 Å². The molecule has 3 rings (SSSR count). The SMILES string of the molecule is CN=C(NCC1(C)CCOC1)NC1CC2CCC1O2. The van der Waals surface area contributed by atoms with E-state index in [1.807, 2.05) is 7.05 Å². The van der Waals surface area contributed by atoms with E-state index in [1.165, 1.54) is 12.8 Å². The predicted molar refractivity (Wildman–Crippen MR) is 74.3 cm³/mol. The van der Waals surface area contributed by atoms with Crippen LogP contribution in [0, 0.1) is 5.41 Å². The van der Waals surface area contributed by atoms with Crippen molar-refractivity contribution in [3.8, 4) is 0 Å². The average molecular weight is 267 g/mol. The molecule has 0 aromatic heterocycles. The maximum atomic E-state index is 5.86. The van der Waals surface area contributed by atoms with Gasteiger partial charge in [-0.1, -0.05) is 6.92 Å². The molecule has 3 saturated heterocycles. The van der Waals surface area contributed by atoms with E-state index in [-0.39, 0.29) is 5.41 Å². The van der Waals surface area contributed by atoms with Gasteiger partial charge in [-0.3, -0.25) is 4.99 Å². The Balaban J connectivity index is 1.48. The molecular formula is C14H25N3O2. The summed E-state index contributed by atoms with van der Waals surface area (Å²) in [6.45, 7) is 4.90. The largest absolute Gasteiger partial charge is 0.381 e. The van der Waals surface area contributed by atoms with Crippen LogP contribution in [-0.2, 0) is 9.47 Å². The number of hydrogen-bond donors (Lipinski definition) is 2. The maximum absolute atomic E-state index is 5.86. The van der Waals surface area contributed by atoms with Crippen LogP contribution in [0.4, 0.5) is 0 Å². The van der Waals surface area contributed by atoms with Crippen molar-refractivity contribution < 1.29 is 9.47 Å². The van der Waals surface area contributed by atoms with E-state index in [0.717, 1.165) is 38.6 Å². The molecule has 3 aliphatic rings. The first-order chi connectivity index (χ1) is 9.18. The molecule has 0 spiro atoms. The Kier molecular flexibility index (Phi) is 3.67. The monoisotopic (exact) mass is 267 g/mol. The zero-order valence-electron chi connectivity index (χ0n) is 11.9. The molecule has 19 heavy (non-hydrogen) atoms. The number of nitrogens with one attached hydrogen (secondary N) is 2. The molecule has 0 saturated carbocycles. The minimum Gasteiger partial charge on any atom is -0.381 e. The number of nitrogens with zero attached hydrogens (tertiary/aromatic N) is 1. The van der Waals surface area contributed by atoms with Gasteiger partial charge in [0.2, 0.25) is 0 Å². The zero-order valence-corrected chi connectivity index (χ0v) is 11.9. The molecule has 5 heteroatoms. The second-order valence-corrected chi connectivity index (χ2v) is 6.40. The van der Waals surface area contributed by atoms with Gasteiger partial charge in [0.05, 0.1) is 24.9 Å². The van der Waals surface area contributed by atoms with Crippen LogP contribution in [0.1, 0.15) is 32.6 Å². The molecular weight excluding hydrogens is 242 g/mol. The van der Waals surface area contributed by atoms with E-state index >= 15 is 0 Å². The Morgan fingerprint density at radius 1 is 1.42 bits per heavy atom. The fraction of sp³-hybridized carbons (Fsp3) is 0.929. The van der Waals surface area contributed by atoms with Gasteiger partial charge in [0.15, 0.2) is 5.96 Å². The quantitative estimate of drug-likeness (QED) is 0.589. The highest BCUT2D eigenvalue weighted by Crippen LogP contribution is 2.34. The van der Waals surface area contributed by atoms with Crippen LogP contribution in [-0.4, -0.2) is 51.0 Å². The number of fused-ring (bicyclic) bond motifs is 2. The summed E-state index contributed by atoms with van der Waals surface area (Å²) in [5.41, 5.74) is 0.239. The fourth-order valence-corrected chi connectivity index (χ4v) is 3.31. The summed E-state index contributed by atoms with van der Waals surface area (Å²) in [5, 5.41) is 6.95. The third-order valence-electron chi connectivity index (χ3n) is 4.63. The lowest BCUT2D eigenvalue weighted by Crippen LogP contribution is -2.49. The summed E-state index contributed by atoms with van der Waals surface area (Å²) >= 11 is 0. The molecule has 0 aliphatic carbocycles. The number of rotatable bonds is 3. The third kappa shape index (κ3) is 2.87. The van der Waals surface area contributed by atoms with Crippen LogP contribution >= 0.6 is 0 Å². The van der Waals surface area contributed by atoms with Crippen molar-refractivity contribution in [3.05, 3.63) is 0 Å². The zero-order chi connectivity index (χ0) is 13.3. The summed E-state index contributed by atoms with van der Waals surface area (Å²) in [6, 6.07) is 0.428. The van der Waals surface area contributed by atoms with Gasteiger partial charge in [-0.05, 0) is 25.7 Å². The lowest BCUT2D eigenvalue weighted by Gasteiger charge is -2.26. The second-order valence-electron chi connectivity index (χ2n) is 6.40. The summed E-state index contributed by atoms with van der Waals surface area (Å²) < 4.78 is 11.3. The number of guanidine groups is 1. The van der Waals surface area contributed by atoms with Crippen LogP contribution in [0.2, 0.25) is 0 Å². The Morgan fingerprint density at radius 3 is 2.89 bits per heavy atom. The van der Waals surface area contributed by atoms with Crippen LogP contribution in [0.25, 0.3) is 0 Å². The Labute approximate surface area is 115 Å². The van der Waals surface area contributed by atoms with Gasteiger partial charge in [-0.15, -0.1) is 0 Å². The van der Waals surface area contributed by atoms with Crippen LogP contribution < -0.4 is 10.6 Å². The van der Waals surface area contributed by atoms with Crippen LogP contribution in [0.15, 0.2) is 4.99 Å². The van der Waals surface area contributed by atoms with Gasteiger partial charge in [0.1, 0.15) is 0 Å². The number of hydrogen-bond acceptors (Lipinski definition) is 3. The lowest BCUT2D eigenvalue weighted by atomic mass is 9.90. The molecule has 4 unspecified atom stereocenters. The molecule has 0 radical (unpaired) electrons. The molecule has 108 valence electrons. The molecule has 5 nitrogen and oxygen atoms in total. The van der Waals surface area contributed by atoms with Crippen molar-refractivity contribution in [2.75, 3.05) is 26.8 Å². The number of aliphatic imine (C=N–C) groups is 1. The predicted octanol–water partition coefficient (Wildman–Crippen LogP) is 0.898. The topological polar surface area (TPSA) is 54.9 Å². The first kappa shape index (κ1) is 13.2.